The van der Waals surface area contributed by atoms with Gasteiger partial charge in [-0.25, -0.2) is 4.39 Å². The maximum Gasteiger partial charge on any atom is 0.324 e. The molecule has 0 radical (unpaired) electrons. The van der Waals surface area contributed by atoms with E-state index in [1.807, 2.05) is 0 Å². The predicted octanol–water partition coefficient (Wildman–Crippen LogP) is 5.80. The smallest absolute Gasteiger partial charge is 0.324 e. The van der Waals surface area contributed by atoms with Gasteiger partial charge in [-0.3, -0.25) is 19.2 Å². The second-order valence-corrected chi connectivity index (χ2v) is 15.9. The van der Waals surface area contributed by atoms with Crippen LogP contribution < -0.4 is 20.1 Å². The summed E-state index contributed by atoms with van der Waals surface area (Å²) >= 11 is 0. The number of ether oxygens (including phenoxy) is 3. The maximum atomic E-state index is 15.4. The first-order chi connectivity index (χ1) is 22.0. The van der Waals surface area contributed by atoms with E-state index in [4.69, 9.17) is 14.2 Å². The number of esters is 1. The van der Waals surface area contributed by atoms with Crippen LogP contribution in [0.2, 0.25) is 0 Å². The second-order valence-electron chi connectivity index (χ2n) is 15.9. The van der Waals surface area contributed by atoms with Crippen LogP contribution in [0.15, 0.2) is 12.1 Å². The molecule has 4 fully saturated rings. The Morgan fingerprint density at radius 3 is 2.23 bits per heavy atom. The van der Waals surface area contributed by atoms with Gasteiger partial charge in [0, 0.05) is 18.7 Å². The highest BCUT2D eigenvalue weighted by molar-refractivity contribution is 5.99. The first-order valence-corrected chi connectivity index (χ1v) is 17.2. The zero-order valence-electron chi connectivity index (χ0n) is 28.6. The number of carbonyl (C=O) groups is 4. The number of carboxylic acids is 1. The highest BCUT2D eigenvalue weighted by Gasteiger charge is 2.53. The van der Waals surface area contributed by atoms with Crippen molar-refractivity contribution >= 4 is 23.8 Å². The molecule has 4 aliphatic rings. The van der Waals surface area contributed by atoms with Crippen molar-refractivity contribution in [2.75, 3.05) is 6.54 Å². The number of aliphatic carboxylic acids is 1. The van der Waals surface area contributed by atoms with Gasteiger partial charge in [-0.15, -0.1) is 0 Å². The van der Waals surface area contributed by atoms with Crippen molar-refractivity contribution in [3.8, 4) is 11.5 Å². The van der Waals surface area contributed by atoms with Gasteiger partial charge in [0.05, 0.1) is 23.7 Å². The summed E-state index contributed by atoms with van der Waals surface area (Å²) in [7, 11) is 0. The summed E-state index contributed by atoms with van der Waals surface area (Å²) in [4.78, 5) is 52.5. The Bertz CT molecular complexity index is 1380. The number of nitrogens with one attached hydrogen (secondary N) is 2. The highest BCUT2D eigenvalue weighted by atomic mass is 19.1. The molecule has 3 N–H and O–H groups in total. The third-order valence-electron chi connectivity index (χ3n) is 10.7. The van der Waals surface area contributed by atoms with Crippen LogP contribution in [0, 0.1) is 34.4 Å². The molecule has 0 aliphatic heterocycles. The van der Waals surface area contributed by atoms with Crippen molar-refractivity contribution < 1.29 is 42.9 Å². The summed E-state index contributed by atoms with van der Waals surface area (Å²) in [6.07, 6.45) is 5.54. The van der Waals surface area contributed by atoms with E-state index in [-0.39, 0.29) is 84.0 Å². The second kappa shape index (κ2) is 13.3. The number of carboxylic acid groups (broad SMARTS) is 1. The van der Waals surface area contributed by atoms with Gasteiger partial charge in [-0.1, -0.05) is 13.3 Å². The van der Waals surface area contributed by atoms with E-state index in [9.17, 15) is 24.3 Å². The van der Waals surface area contributed by atoms with Gasteiger partial charge in [0.1, 0.15) is 11.4 Å². The van der Waals surface area contributed by atoms with Gasteiger partial charge in [0.2, 0.25) is 5.91 Å². The molecule has 0 heterocycles. The predicted molar refractivity (Wildman–Crippen MR) is 172 cm³/mol. The van der Waals surface area contributed by atoms with E-state index in [1.54, 1.807) is 34.6 Å². The zero-order valence-corrected chi connectivity index (χ0v) is 28.6. The van der Waals surface area contributed by atoms with E-state index in [1.165, 1.54) is 12.5 Å². The minimum Gasteiger partial charge on any atom is -0.490 e. The average molecular weight is 659 g/mol. The van der Waals surface area contributed by atoms with Gasteiger partial charge >= 0.3 is 11.9 Å². The molecule has 4 atom stereocenters. The quantitative estimate of drug-likeness (QED) is 0.200. The van der Waals surface area contributed by atoms with E-state index >= 15 is 4.39 Å². The van der Waals surface area contributed by atoms with Gasteiger partial charge in [0.15, 0.2) is 17.0 Å². The molecule has 2 bridgehead atoms. The summed E-state index contributed by atoms with van der Waals surface area (Å²) in [6, 6.07) is 2.13. The molecular formula is C36H51FN2O8. The fourth-order valence-corrected chi connectivity index (χ4v) is 7.90. The maximum absolute atomic E-state index is 15.4. The van der Waals surface area contributed by atoms with E-state index in [0.717, 1.165) is 38.2 Å². The number of amides is 2. The molecule has 1 aromatic carbocycles. The Morgan fingerprint density at radius 1 is 1.00 bits per heavy atom. The van der Waals surface area contributed by atoms with Crippen molar-refractivity contribution in [1.29, 1.82) is 0 Å². The summed E-state index contributed by atoms with van der Waals surface area (Å²) in [5.41, 5.74) is -2.31. The summed E-state index contributed by atoms with van der Waals surface area (Å²) in [5.74, 6) is -3.26. The van der Waals surface area contributed by atoms with Crippen molar-refractivity contribution in [2.24, 2.45) is 28.6 Å². The SMILES string of the molecule is CC(C)Oc1cc(F)c(OC2CCC(C(=O)O)(C(=O)OC(C)(C)C)CC2)cc1C(=O)N[C@@H]1[C@H]2CC[C@H](C2)[C@@H]1C(=O)NCC1(C)CCC1. The normalized spacial score (nSPS) is 29.5. The third kappa shape index (κ3) is 7.54. The Kier molecular flexibility index (Phi) is 9.86. The van der Waals surface area contributed by atoms with Crippen LogP contribution in [0.4, 0.5) is 4.39 Å². The molecule has 5 rings (SSSR count). The number of carbonyl (C=O) groups excluding carboxylic acids is 3. The van der Waals surface area contributed by atoms with E-state index in [0.29, 0.717) is 6.54 Å². The molecular weight excluding hydrogens is 607 g/mol. The number of hydrogen-bond acceptors (Lipinski definition) is 7. The topological polar surface area (TPSA) is 140 Å². The Labute approximate surface area is 276 Å². The zero-order chi connectivity index (χ0) is 34.3. The number of hydrogen-bond donors (Lipinski definition) is 3. The lowest BCUT2D eigenvalue weighted by molar-refractivity contribution is -0.180. The molecule has 47 heavy (non-hydrogen) atoms. The lowest BCUT2D eigenvalue weighted by Crippen LogP contribution is -2.51. The fraction of sp³-hybridized carbons (Fsp3) is 0.722. The summed E-state index contributed by atoms with van der Waals surface area (Å²) < 4.78 is 32.8. The monoisotopic (exact) mass is 658 g/mol. The van der Waals surface area contributed by atoms with Gasteiger partial charge in [-0.05, 0) is 116 Å². The standard InChI is InChI=1S/C36H51FN2O8/c1-20(2)45-26-18-25(37)27(46-23-10-14-36(15-11-23,32(42)43)33(44)47-34(3,4)5)17-24(26)30(40)39-29-22-9-8-21(16-22)28(29)31(41)38-19-35(6)12-7-13-35/h17-18,20-23,28-29H,7-16,19H2,1-6H3,(H,38,41)(H,39,40)(H,42,43)/t21-,22+,23?,28+,29-,36?/m1/s1. The van der Waals surface area contributed by atoms with Crippen LogP contribution in [0.5, 0.6) is 11.5 Å². The van der Waals surface area contributed by atoms with Gasteiger partial charge < -0.3 is 30.0 Å². The molecule has 0 aromatic heterocycles. The van der Waals surface area contributed by atoms with E-state index in [2.05, 4.69) is 17.6 Å². The Morgan fingerprint density at radius 2 is 1.66 bits per heavy atom. The van der Waals surface area contributed by atoms with E-state index < -0.39 is 40.8 Å². The molecule has 10 nitrogen and oxygen atoms in total. The molecule has 0 spiro atoms. The van der Waals surface area contributed by atoms with Crippen molar-refractivity contribution in [3.05, 3.63) is 23.5 Å². The summed E-state index contributed by atoms with van der Waals surface area (Å²) in [6.45, 7) is 11.4. The van der Waals surface area contributed by atoms with Crippen molar-refractivity contribution in [3.63, 3.8) is 0 Å². The molecule has 4 saturated carbocycles. The lowest BCUT2D eigenvalue weighted by atomic mass is 9.70. The number of rotatable bonds is 11. The molecule has 2 amide bonds. The van der Waals surface area contributed by atoms with Crippen LogP contribution in [-0.4, -0.2) is 59.3 Å². The van der Waals surface area contributed by atoms with Crippen molar-refractivity contribution in [2.45, 2.75) is 130 Å². The minimum atomic E-state index is -1.70. The highest BCUT2D eigenvalue weighted by Crippen LogP contribution is 2.49. The number of benzene rings is 1. The molecule has 1 aromatic rings. The van der Waals surface area contributed by atoms with Crippen LogP contribution in [0.25, 0.3) is 0 Å². The largest absolute Gasteiger partial charge is 0.490 e. The molecule has 4 aliphatic carbocycles. The van der Waals surface area contributed by atoms with Crippen molar-refractivity contribution in [1.82, 2.24) is 10.6 Å². The Balaban J connectivity index is 1.31. The Hall–Kier alpha value is -3.37. The lowest BCUT2D eigenvalue weighted by Gasteiger charge is -2.39. The van der Waals surface area contributed by atoms with Crippen LogP contribution in [0.1, 0.15) is 116 Å². The van der Waals surface area contributed by atoms with Gasteiger partial charge in [-0.2, -0.15) is 0 Å². The average Bonchev–Trinajstić information content (AvgIpc) is 3.57. The summed E-state index contributed by atoms with van der Waals surface area (Å²) in [5, 5.41) is 16.3. The molecule has 0 saturated heterocycles. The van der Waals surface area contributed by atoms with Gasteiger partial charge in [0.25, 0.3) is 5.91 Å². The minimum absolute atomic E-state index is 0.0153. The third-order valence-corrected chi connectivity index (χ3v) is 10.7. The molecule has 0 unspecified atom stereocenters. The number of halogens is 1. The molecule has 11 heteroatoms. The first kappa shape index (κ1) is 35.0. The van der Waals surface area contributed by atoms with Crippen LogP contribution >= 0.6 is 0 Å². The van der Waals surface area contributed by atoms with Crippen LogP contribution in [0.3, 0.4) is 0 Å². The first-order valence-electron chi connectivity index (χ1n) is 17.2. The fourth-order valence-electron chi connectivity index (χ4n) is 7.90. The van der Waals surface area contributed by atoms with Crippen LogP contribution in [-0.2, 0) is 19.1 Å². The molecule has 260 valence electrons. The number of fused-ring (bicyclic) bond motifs is 2.